The van der Waals surface area contributed by atoms with Gasteiger partial charge in [0, 0.05) is 6.20 Å². The maximum Gasteiger partial charge on any atom is 0.262 e. The van der Waals surface area contributed by atoms with Crippen molar-refractivity contribution >= 4 is 22.4 Å². The second kappa shape index (κ2) is 4.88. The van der Waals surface area contributed by atoms with Crippen molar-refractivity contribution in [2.24, 2.45) is 0 Å². The summed E-state index contributed by atoms with van der Waals surface area (Å²) >= 11 is 1.31. The average molecular weight is 250 g/mol. The van der Waals surface area contributed by atoms with Crippen LogP contribution in [0.2, 0.25) is 0 Å². The van der Waals surface area contributed by atoms with Crippen LogP contribution in [0.4, 0.5) is 5.13 Å². The molecule has 0 aliphatic heterocycles. The van der Waals surface area contributed by atoms with Gasteiger partial charge >= 0.3 is 0 Å². The predicted molar refractivity (Wildman–Crippen MR) is 63.4 cm³/mol. The van der Waals surface area contributed by atoms with Crippen molar-refractivity contribution in [3.05, 3.63) is 28.9 Å². The molecule has 0 saturated carbocycles. The maximum absolute atomic E-state index is 11.9. The molecule has 0 saturated heterocycles. The molecule has 17 heavy (non-hydrogen) atoms. The van der Waals surface area contributed by atoms with E-state index in [-0.39, 0.29) is 11.8 Å². The zero-order valence-electron chi connectivity index (χ0n) is 9.30. The summed E-state index contributed by atoms with van der Waals surface area (Å²) in [6.07, 6.45) is 1.56. The molecule has 6 nitrogen and oxygen atoms in total. The molecule has 1 amide bonds. The van der Waals surface area contributed by atoms with E-state index < -0.39 is 0 Å². The number of methoxy groups -OCH3 is 1. The minimum absolute atomic E-state index is 0.284. The van der Waals surface area contributed by atoms with Gasteiger partial charge in [-0.2, -0.15) is 0 Å². The summed E-state index contributed by atoms with van der Waals surface area (Å²) in [6.45, 7) is 1.82. The summed E-state index contributed by atoms with van der Waals surface area (Å²) in [5.41, 5.74) is 0.364. The molecule has 0 aliphatic carbocycles. The first-order valence-corrected chi connectivity index (χ1v) is 5.63. The fourth-order valence-electron chi connectivity index (χ4n) is 1.24. The van der Waals surface area contributed by atoms with Gasteiger partial charge in [-0.15, -0.1) is 10.2 Å². The molecule has 0 spiro atoms. The number of aromatic nitrogens is 3. The third kappa shape index (κ3) is 2.56. The second-order valence-corrected chi connectivity index (χ2v) is 4.32. The third-order valence-corrected chi connectivity index (χ3v) is 2.71. The van der Waals surface area contributed by atoms with Gasteiger partial charge in [0.1, 0.15) is 10.6 Å². The number of amides is 1. The van der Waals surface area contributed by atoms with E-state index in [0.29, 0.717) is 10.7 Å². The first-order valence-electron chi connectivity index (χ1n) is 4.81. The standard InChI is InChI=1S/C10H10N4O2S/c1-6-13-14-10(17-6)12-8(15)7-4-3-5-11-9(7)16-2/h3-5H,1-2H3,(H,12,14,15). The molecule has 2 aromatic rings. The van der Waals surface area contributed by atoms with Crippen LogP contribution < -0.4 is 10.1 Å². The highest BCUT2D eigenvalue weighted by molar-refractivity contribution is 7.15. The number of carbonyl (C=O) groups is 1. The minimum atomic E-state index is -0.314. The van der Waals surface area contributed by atoms with Gasteiger partial charge in [0.15, 0.2) is 0 Å². The predicted octanol–water partition coefficient (Wildman–Crippen LogP) is 1.50. The molecule has 0 unspecified atom stereocenters. The number of ether oxygens (including phenoxy) is 1. The summed E-state index contributed by atoms with van der Waals surface area (Å²) in [5, 5.41) is 11.5. The van der Waals surface area contributed by atoms with E-state index in [9.17, 15) is 4.79 Å². The first-order chi connectivity index (χ1) is 8.20. The molecule has 88 valence electrons. The molecule has 0 aromatic carbocycles. The SMILES string of the molecule is COc1ncccc1C(=O)Nc1nnc(C)s1. The molecular formula is C10H10N4O2S. The lowest BCUT2D eigenvalue weighted by molar-refractivity contribution is 0.102. The van der Waals surface area contributed by atoms with Gasteiger partial charge in [0.05, 0.1) is 7.11 Å². The Bertz CT molecular complexity index is 541. The molecule has 7 heteroatoms. The number of carbonyl (C=O) groups excluding carboxylic acids is 1. The van der Waals surface area contributed by atoms with Crippen LogP contribution in [0, 0.1) is 6.92 Å². The van der Waals surface area contributed by atoms with Crippen LogP contribution in [0.5, 0.6) is 5.88 Å². The van der Waals surface area contributed by atoms with E-state index in [1.54, 1.807) is 18.3 Å². The third-order valence-electron chi connectivity index (χ3n) is 1.96. The van der Waals surface area contributed by atoms with Crippen LogP contribution in [-0.2, 0) is 0 Å². The monoisotopic (exact) mass is 250 g/mol. The molecule has 2 rings (SSSR count). The van der Waals surface area contributed by atoms with Crippen molar-refractivity contribution in [1.82, 2.24) is 15.2 Å². The highest BCUT2D eigenvalue weighted by atomic mass is 32.1. The topological polar surface area (TPSA) is 77.0 Å². The van der Waals surface area contributed by atoms with E-state index in [1.165, 1.54) is 18.4 Å². The highest BCUT2D eigenvalue weighted by Crippen LogP contribution is 2.18. The smallest absolute Gasteiger partial charge is 0.262 e. The van der Waals surface area contributed by atoms with Crippen LogP contribution in [0.25, 0.3) is 0 Å². The first kappa shape index (κ1) is 11.5. The van der Waals surface area contributed by atoms with E-state index in [0.717, 1.165) is 5.01 Å². The Morgan fingerprint density at radius 1 is 1.47 bits per heavy atom. The molecule has 0 radical (unpaired) electrons. The lowest BCUT2D eigenvalue weighted by Crippen LogP contribution is -2.13. The van der Waals surface area contributed by atoms with Crippen molar-refractivity contribution in [2.75, 3.05) is 12.4 Å². The van der Waals surface area contributed by atoms with E-state index in [4.69, 9.17) is 4.74 Å². The Morgan fingerprint density at radius 2 is 2.29 bits per heavy atom. The average Bonchev–Trinajstić information content (AvgIpc) is 2.74. The maximum atomic E-state index is 11.9. The zero-order chi connectivity index (χ0) is 12.3. The Balaban J connectivity index is 2.20. The van der Waals surface area contributed by atoms with Crippen LogP contribution in [0.15, 0.2) is 18.3 Å². The number of nitrogens with one attached hydrogen (secondary N) is 1. The van der Waals surface area contributed by atoms with Gasteiger partial charge in [0.2, 0.25) is 11.0 Å². The lowest BCUT2D eigenvalue weighted by Gasteiger charge is -2.05. The van der Waals surface area contributed by atoms with Crippen molar-refractivity contribution in [3.63, 3.8) is 0 Å². The molecule has 2 aromatic heterocycles. The fourth-order valence-corrected chi connectivity index (χ4v) is 1.82. The summed E-state index contributed by atoms with van der Waals surface area (Å²) in [4.78, 5) is 15.9. The summed E-state index contributed by atoms with van der Waals surface area (Å²) < 4.78 is 5.00. The van der Waals surface area contributed by atoms with Gasteiger partial charge in [-0.05, 0) is 19.1 Å². The van der Waals surface area contributed by atoms with Crippen molar-refractivity contribution < 1.29 is 9.53 Å². The number of anilines is 1. The fraction of sp³-hybridized carbons (Fsp3) is 0.200. The highest BCUT2D eigenvalue weighted by Gasteiger charge is 2.14. The summed E-state index contributed by atoms with van der Waals surface area (Å²) in [6, 6.07) is 3.30. The van der Waals surface area contributed by atoms with Gasteiger partial charge in [-0.3, -0.25) is 10.1 Å². The molecule has 2 heterocycles. The van der Waals surface area contributed by atoms with Crippen LogP contribution in [0.3, 0.4) is 0 Å². The second-order valence-electron chi connectivity index (χ2n) is 3.14. The lowest BCUT2D eigenvalue weighted by atomic mass is 10.2. The quantitative estimate of drug-likeness (QED) is 0.893. The number of rotatable bonds is 3. The number of nitrogens with zero attached hydrogens (tertiary/aromatic N) is 3. The molecular weight excluding hydrogens is 240 g/mol. The number of pyridine rings is 1. The van der Waals surface area contributed by atoms with E-state index >= 15 is 0 Å². The molecule has 0 fully saturated rings. The number of hydrogen-bond donors (Lipinski definition) is 1. The van der Waals surface area contributed by atoms with E-state index in [1.807, 2.05) is 6.92 Å². The zero-order valence-corrected chi connectivity index (χ0v) is 10.1. The molecule has 0 aliphatic rings. The van der Waals surface area contributed by atoms with Gasteiger partial charge in [-0.25, -0.2) is 4.98 Å². The number of aryl methyl sites for hydroxylation is 1. The van der Waals surface area contributed by atoms with Gasteiger partial charge in [0.25, 0.3) is 5.91 Å². The Morgan fingerprint density at radius 3 is 2.94 bits per heavy atom. The Kier molecular flexibility index (Phi) is 3.29. The molecule has 0 atom stereocenters. The minimum Gasteiger partial charge on any atom is -0.480 e. The molecule has 1 N–H and O–H groups in total. The van der Waals surface area contributed by atoms with Crippen molar-refractivity contribution in [1.29, 1.82) is 0 Å². The number of hydrogen-bond acceptors (Lipinski definition) is 6. The van der Waals surface area contributed by atoms with Crippen molar-refractivity contribution in [2.45, 2.75) is 6.92 Å². The Labute approximate surface area is 102 Å². The van der Waals surface area contributed by atoms with Crippen LogP contribution in [0.1, 0.15) is 15.4 Å². The van der Waals surface area contributed by atoms with Crippen LogP contribution in [-0.4, -0.2) is 28.2 Å². The summed E-state index contributed by atoms with van der Waals surface area (Å²) in [7, 11) is 1.47. The molecule has 0 bridgehead atoms. The van der Waals surface area contributed by atoms with Gasteiger partial charge in [-0.1, -0.05) is 11.3 Å². The van der Waals surface area contributed by atoms with E-state index in [2.05, 4.69) is 20.5 Å². The summed E-state index contributed by atoms with van der Waals surface area (Å²) in [5.74, 6) is -0.0302. The van der Waals surface area contributed by atoms with Crippen molar-refractivity contribution in [3.8, 4) is 5.88 Å². The van der Waals surface area contributed by atoms with Crippen LogP contribution >= 0.6 is 11.3 Å². The van der Waals surface area contributed by atoms with Gasteiger partial charge < -0.3 is 4.74 Å². The normalized spacial score (nSPS) is 10.0. The largest absolute Gasteiger partial charge is 0.480 e. The Hall–Kier alpha value is -2.02.